The first-order valence-corrected chi connectivity index (χ1v) is 7.14. The maximum Gasteiger partial charge on any atom is 0.326 e. The van der Waals surface area contributed by atoms with E-state index < -0.39 is 18.0 Å². The fourth-order valence-electron chi connectivity index (χ4n) is 2.31. The fraction of sp³-hybridized carbons (Fsp3) is 0.800. The van der Waals surface area contributed by atoms with E-state index in [0.717, 1.165) is 6.42 Å². The molecule has 0 heterocycles. The summed E-state index contributed by atoms with van der Waals surface area (Å²) in [5.41, 5.74) is 0.122. The second-order valence-corrected chi connectivity index (χ2v) is 6.65. The van der Waals surface area contributed by atoms with Crippen molar-refractivity contribution in [2.45, 2.75) is 59.4 Å². The van der Waals surface area contributed by atoms with Crippen LogP contribution in [0.25, 0.3) is 0 Å². The molecule has 0 bridgehead atoms. The number of methoxy groups -OCH3 is 1. The second-order valence-electron chi connectivity index (χ2n) is 6.65. The van der Waals surface area contributed by atoms with Gasteiger partial charge in [0.25, 0.3) is 0 Å². The number of hydrogen-bond donors (Lipinski definition) is 2. The number of hydrogen-bond acceptors (Lipinski definition) is 4. The lowest BCUT2D eigenvalue weighted by Gasteiger charge is -2.23. The van der Waals surface area contributed by atoms with Crippen LogP contribution in [0, 0.1) is 11.3 Å². The SMILES string of the molecule is COC(=O)CCC(NC(=O)CC(C)CC(C)(C)C)C(=O)O. The lowest BCUT2D eigenvalue weighted by molar-refractivity contribution is -0.144. The van der Waals surface area contributed by atoms with Crippen LogP contribution in [0.2, 0.25) is 0 Å². The first-order chi connectivity index (χ1) is 9.55. The summed E-state index contributed by atoms with van der Waals surface area (Å²) < 4.78 is 4.46. The Morgan fingerprint density at radius 2 is 1.81 bits per heavy atom. The summed E-state index contributed by atoms with van der Waals surface area (Å²) >= 11 is 0. The number of amides is 1. The molecule has 2 atom stereocenters. The lowest BCUT2D eigenvalue weighted by Crippen LogP contribution is -2.41. The van der Waals surface area contributed by atoms with Gasteiger partial charge in [-0.3, -0.25) is 9.59 Å². The predicted octanol–water partition coefficient (Wildman–Crippen LogP) is 1.97. The van der Waals surface area contributed by atoms with E-state index in [4.69, 9.17) is 5.11 Å². The molecule has 0 aromatic heterocycles. The van der Waals surface area contributed by atoms with E-state index in [1.165, 1.54) is 7.11 Å². The zero-order valence-electron chi connectivity index (χ0n) is 13.6. The third kappa shape index (κ3) is 9.87. The van der Waals surface area contributed by atoms with Gasteiger partial charge >= 0.3 is 11.9 Å². The van der Waals surface area contributed by atoms with Crippen LogP contribution in [-0.4, -0.2) is 36.1 Å². The molecule has 0 aliphatic rings. The first-order valence-electron chi connectivity index (χ1n) is 7.14. The van der Waals surface area contributed by atoms with E-state index in [1.54, 1.807) is 0 Å². The Labute approximate surface area is 126 Å². The van der Waals surface area contributed by atoms with E-state index in [1.807, 2.05) is 6.92 Å². The van der Waals surface area contributed by atoms with E-state index in [-0.39, 0.29) is 36.5 Å². The van der Waals surface area contributed by atoms with Crippen molar-refractivity contribution in [2.75, 3.05) is 7.11 Å². The maximum atomic E-state index is 11.9. The Balaban J connectivity index is 4.35. The summed E-state index contributed by atoms with van der Waals surface area (Å²) in [5.74, 6) is -1.77. The van der Waals surface area contributed by atoms with Crippen molar-refractivity contribution in [3.05, 3.63) is 0 Å². The predicted molar refractivity (Wildman–Crippen MR) is 78.7 cm³/mol. The van der Waals surface area contributed by atoms with Crippen molar-refractivity contribution < 1.29 is 24.2 Å². The molecule has 0 rings (SSSR count). The van der Waals surface area contributed by atoms with Crippen molar-refractivity contribution in [3.8, 4) is 0 Å². The second kappa shape index (κ2) is 8.64. The normalized spacial score (nSPS) is 14.1. The molecular weight excluding hydrogens is 274 g/mol. The average Bonchev–Trinajstić information content (AvgIpc) is 2.30. The zero-order valence-corrected chi connectivity index (χ0v) is 13.6. The Kier molecular flexibility index (Phi) is 7.99. The molecule has 6 nitrogen and oxygen atoms in total. The van der Waals surface area contributed by atoms with Gasteiger partial charge in [0, 0.05) is 12.8 Å². The molecule has 1 amide bonds. The van der Waals surface area contributed by atoms with Crippen molar-refractivity contribution in [3.63, 3.8) is 0 Å². The van der Waals surface area contributed by atoms with Crippen LogP contribution < -0.4 is 5.32 Å². The third-order valence-corrected chi connectivity index (χ3v) is 2.99. The average molecular weight is 301 g/mol. The largest absolute Gasteiger partial charge is 0.480 e. The third-order valence-electron chi connectivity index (χ3n) is 2.99. The topological polar surface area (TPSA) is 92.7 Å². The highest BCUT2D eigenvalue weighted by Gasteiger charge is 2.23. The quantitative estimate of drug-likeness (QED) is 0.669. The fourth-order valence-corrected chi connectivity index (χ4v) is 2.31. The number of carbonyl (C=O) groups excluding carboxylic acids is 2. The molecule has 0 saturated heterocycles. The van der Waals surface area contributed by atoms with Gasteiger partial charge in [-0.2, -0.15) is 0 Å². The maximum absolute atomic E-state index is 11.9. The summed E-state index contributed by atoms with van der Waals surface area (Å²) in [5, 5.41) is 11.5. The number of aliphatic carboxylic acids is 1. The van der Waals surface area contributed by atoms with Crippen LogP contribution in [0.3, 0.4) is 0 Å². The molecule has 0 fully saturated rings. The molecular formula is C15H27NO5. The van der Waals surface area contributed by atoms with Crippen LogP contribution >= 0.6 is 0 Å². The molecule has 0 aliphatic carbocycles. The van der Waals surface area contributed by atoms with Crippen LogP contribution in [0.5, 0.6) is 0 Å². The Bertz CT molecular complexity index is 373. The van der Waals surface area contributed by atoms with Gasteiger partial charge in [0.15, 0.2) is 0 Å². The molecule has 6 heteroatoms. The number of carboxylic acids is 1. The highest BCUT2D eigenvalue weighted by molar-refractivity contribution is 5.84. The van der Waals surface area contributed by atoms with E-state index in [0.29, 0.717) is 0 Å². The van der Waals surface area contributed by atoms with Gasteiger partial charge < -0.3 is 15.2 Å². The van der Waals surface area contributed by atoms with Crippen LogP contribution in [0.4, 0.5) is 0 Å². The molecule has 122 valence electrons. The molecule has 0 radical (unpaired) electrons. The smallest absolute Gasteiger partial charge is 0.326 e. The van der Waals surface area contributed by atoms with E-state index in [9.17, 15) is 14.4 Å². The van der Waals surface area contributed by atoms with Gasteiger partial charge in [0.2, 0.25) is 5.91 Å². The Morgan fingerprint density at radius 3 is 2.24 bits per heavy atom. The van der Waals surface area contributed by atoms with Gasteiger partial charge in [-0.25, -0.2) is 4.79 Å². The van der Waals surface area contributed by atoms with Crippen LogP contribution in [0.15, 0.2) is 0 Å². The van der Waals surface area contributed by atoms with Gasteiger partial charge in [-0.1, -0.05) is 27.7 Å². The molecule has 0 saturated carbocycles. The highest BCUT2D eigenvalue weighted by atomic mass is 16.5. The minimum absolute atomic E-state index is 0.0292. The van der Waals surface area contributed by atoms with Crippen LogP contribution in [-0.2, 0) is 19.1 Å². The molecule has 0 aromatic rings. The molecule has 0 spiro atoms. The van der Waals surface area contributed by atoms with Crippen LogP contribution in [0.1, 0.15) is 53.4 Å². The lowest BCUT2D eigenvalue weighted by atomic mass is 9.84. The van der Waals surface area contributed by atoms with Crippen molar-refractivity contribution in [1.82, 2.24) is 5.32 Å². The summed E-state index contributed by atoms with van der Waals surface area (Å²) in [4.78, 5) is 34.0. The summed E-state index contributed by atoms with van der Waals surface area (Å²) in [6.07, 6.45) is 1.15. The zero-order chi connectivity index (χ0) is 16.6. The molecule has 2 unspecified atom stereocenters. The summed E-state index contributed by atoms with van der Waals surface area (Å²) in [6, 6.07) is -1.06. The van der Waals surface area contributed by atoms with E-state index >= 15 is 0 Å². The summed E-state index contributed by atoms with van der Waals surface area (Å²) in [7, 11) is 1.24. The minimum atomic E-state index is -1.14. The number of carbonyl (C=O) groups is 3. The Morgan fingerprint density at radius 1 is 1.24 bits per heavy atom. The van der Waals surface area contributed by atoms with Gasteiger partial charge in [0.05, 0.1) is 7.11 Å². The highest BCUT2D eigenvalue weighted by Crippen LogP contribution is 2.25. The van der Waals surface area contributed by atoms with Gasteiger partial charge in [-0.05, 0) is 24.2 Å². The first kappa shape index (κ1) is 19.4. The summed E-state index contributed by atoms with van der Waals surface area (Å²) in [6.45, 7) is 8.25. The number of nitrogens with one attached hydrogen (secondary N) is 1. The number of rotatable bonds is 8. The number of carboxylic acid groups (broad SMARTS) is 1. The van der Waals surface area contributed by atoms with E-state index in [2.05, 4.69) is 30.8 Å². The van der Waals surface area contributed by atoms with Crippen molar-refractivity contribution in [2.24, 2.45) is 11.3 Å². The van der Waals surface area contributed by atoms with Crippen molar-refractivity contribution >= 4 is 17.8 Å². The standard InChI is InChI=1S/C15H27NO5/c1-10(9-15(2,3)4)8-12(17)16-11(14(19)20)6-7-13(18)21-5/h10-11H,6-9H2,1-5H3,(H,16,17)(H,19,20). The van der Waals surface area contributed by atoms with Gasteiger partial charge in [-0.15, -0.1) is 0 Å². The number of esters is 1. The monoisotopic (exact) mass is 301 g/mol. The van der Waals surface area contributed by atoms with Gasteiger partial charge in [0.1, 0.15) is 6.04 Å². The molecule has 2 N–H and O–H groups in total. The molecule has 0 aromatic carbocycles. The Hall–Kier alpha value is -1.59. The molecule has 0 aliphatic heterocycles. The molecule has 21 heavy (non-hydrogen) atoms. The van der Waals surface area contributed by atoms with Crippen molar-refractivity contribution in [1.29, 1.82) is 0 Å². The number of ether oxygens (including phenoxy) is 1. The minimum Gasteiger partial charge on any atom is -0.480 e.